The number of benzene rings is 2. The number of aromatic nitrogens is 3. The van der Waals surface area contributed by atoms with Gasteiger partial charge in [0.1, 0.15) is 0 Å². The Kier molecular flexibility index (Phi) is 4.21. The molecule has 1 fully saturated rings. The predicted molar refractivity (Wildman–Crippen MR) is 121 cm³/mol. The summed E-state index contributed by atoms with van der Waals surface area (Å²) >= 11 is 0. The van der Waals surface area contributed by atoms with Gasteiger partial charge in [-0.3, -0.25) is 14.4 Å². The zero-order valence-electron chi connectivity index (χ0n) is 17.4. The Labute approximate surface area is 181 Å². The zero-order chi connectivity index (χ0) is 20.8. The number of likely N-dealkylation sites (tertiary alicyclic amines) is 1. The summed E-state index contributed by atoms with van der Waals surface area (Å²) in [6.07, 6.45) is 6.57. The van der Waals surface area contributed by atoms with E-state index in [1.165, 1.54) is 16.5 Å². The number of carbonyl (C=O) groups is 1. The average Bonchev–Trinajstić information content (AvgIpc) is 3.57. The zero-order valence-corrected chi connectivity index (χ0v) is 17.4. The third kappa shape index (κ3) is 2.98. The highest BCUT2D eigenvalue weighted by Crippen LogP contribution is 2.47. The molecule has 2 aliphatic rings. The van der Waals surface area contributed by atoms with Crippen LogP contribution in [0, 0.1) is 0 Å². The minimum atomic E-state index is -0.432. The van der Waals surface area contributed by atoms with Crippen LogP contribution in [0.5, 0.6) is 0 Å². The lowest BCUT2D eigenvalue weighted by Gasteiger charge is -2.25. The molecule has 0 saturated carbocycles. The van der Waals surface area contributed by atoms with E-state index in [0.29, 0.717) is 13.1 Å². The second-order valence-corrected chi connectivity index (χ2v) is 8.69. The van der Waals surface area contributed by atoms with Gasteiger partial charge in [0.2, 0.25) is 5.91 Å². The third-order valence-corrected chi connectivity index (χ3v) is 6.85. The number of fused-ring (bicyclic) bond motifs is 3. The maximum absolute atomic E-state index is 13.7. The molecule has 2 aliphatic heterocycles. The van der Waals surface area contributed by atoms with Crippen molar-refractivity contribution in [1.82, 2.24) is 19.7 Å². The van der Waals surface area contributed by atoms with Crippen molar-refractivity contribution < 1.29 is 4.79 Å². The molecule has 6 heteroatoms. The second-order valence-electron chi connectivity index (χ2n) is 8.69. The second kappa shape index (κ2) is 7.10. The van der Waals surface area contributed by atoms with Gasteiger partial charge >= 0.3 is 0 Å². The number of anilines is 1. The molecule has 156 valence electrons. The van der Waals surface area contributed by atoms with Gasteiger partial charge in [-0.1, -0.05) is 24.3 Å². The lowest BCUT2D eigenvalue weighted by atomic mass is 9.81. The first-order chi connectivity index (χ1) is 15.2. The van der Waals surface area contributed by atoms with Crippen LogP contribution in [0.2, 0.25) is 0 Å². The van der Waals surface area contributed by atoms with Crippen LogP contribution in [0.15, 0.2) is 73.2 Å². The highest BCUT2D eigenvalue weighted by atomic mass is 16.2. The molecule has 4 heterocycles. The molecule has 6 nitrogen and oxygen atoms in total. The lowest BCUT2D eigenvalue weighted by Crippen LogP contribution is -2.43. The van der Waals surface area contributed by atoms with Crippen LogP contribution in [-0.4, -0.2) is 45.2 Å². The minimum Gasteiger partial charge on any atom is -0.361 e. The quantitative estimate of drug-likeness (QED) is 0.546. The molecule has 1 N–H and O–H groups in total. The molecule has 1 saturated heterocycles. The molecule has 1 amide bonds. The van der Waals surface area contributed by atoms with E-state index in [1.54, 1.807) is 6.20 Å². The fourth-order valence-electron chi connectivity index (χ4n) is 5.33. The molecule has 31 heavy (non-hydrogen) atoms. The molecule has 1 spiro atoms. The number of rotatable bonds is 5. The van der Waals surface area contributed by atoms with Gasteiger partial charge in [-0.05, 0) is 59.8 Å². The Bertz CT molecular complexity index is 1240. The van der Waals surface area contributed by atoms with Gasteiger partial charge in [-0.2, -0.15) is 5.10 Å². The van der Waals surface area contributed by atoms with Crippen molar-refractivity contribution in [2.24, 2.45) is 0 Å². The molecular weight excluding hydrogens is 386 g/mol. The average molecular weight is 412 g/mol. The van der Waals surface area contributed by atoms with Gasteiger partial charge in [0, 0.05) is 49.4 Å². The lowest BCUT2D eigenvalue weighted by molar-refractivity contribution is -0.122. The van der Waals surface area contributed by atoms with Gasteiger partial charge in [-0.25, -0.2) is 0 Å². The van der Waals surface area contributed by atoms with E-state index in [1.807, 2.05) is 34.1 Å². The molecular formula is C25H25N5O. The first-order valence-electron chi connectivity index (χ1n) is 10.9. The third-order valence-electron chi connectivity index (χ3n) is 6.85. The van der Waals surface area contributed by atoms with Crippen LogP contribution in [-0.2, 0) is 23.3 Å². The first-order valence-corrected chi connectivity index (χ1v) is 10.9. The Hall–Kier alpha value is -3.38. The van der Waals surface area contributed by atoms with Gasteiger partial charge in [-0.15, -0.1) is 0 Å². The maximum Gasteiger partial charge on any atom is 0.239 e. The number of nitrogens with one attached hydrogen (secondary N) is 1. The maximum atomic E-state index is 13.7. The van der Waals surface area contributed by atoms with Gasteiger partial charge < -0.3 is 9.88 Å². The van der Waals surface area contributed by atoms with Crippen LogP contribution in [0.25, 0.3) is 10.9 Å². The monoisotopic (exact) mass is 411 g/mol. The van der Waals surface area contributed by atoms with E-state index in [-0.39, 0.29) is 5.91 Å². The number of para-hydroxylation sites is 1. The molecule has 2 aromatic carbocycles. The van der Waals surface area contributed by atoms with Crippen molar-refractivity contribution in [2.45, 2.75) is 24.9 Å². The standard InChI is InChI=1S/C25H25N5O/c31-24-25(9-13-28(18-25)17-19-6-7-22-20(16-19)8-11-26-22)21-4-1-2-5-23(21)30(24)15-14-29-12-3-10-27-29/h1-8,10-12,16,26H,9,13-15,17-18H2. The Morgan fingerprint density at radius 2 is 2.00 bits per heavy atom. The Balaban J connectivity index is 1.25. The van der Waals surface area contributed by atoms with E-state index in [9.17, 15) is 4.79 Å². The largest absolute Gasteiger partial charge is 0.361 e. The van der Waals surface area contributed by atoms with Crippen LogP contribution in [0.3, 0.4) is 0 Å². The number of aromatic amines is 1. The normalized spacial score (nSPS) is 20.9. The van der Waals surface area contributed by atoms with Crippen molar-refractivity contribution in [1.29, 1.82) is 0 Å². The van der Waals surface area contributed by atoms with E-state index in [4.69, 9.17) is 0 Å². The van der Waals surface area contributed by atoms with Crippen molar-refractivity contribution in [3.8, 4) is 0 Å². The number of carbonyl (C=O) groups excluding carboxylic acids is 1. The number of amides is 1. The fourth-order valence-corrected chi connectivity index (χ4v) is 5.33. The summed E-state index contributed by atoms with van der Waals surface area (Å²) in [5, 5.41) is 5.53. The molecule has 1 atom stereocenters. The summed E-state index contributed by atoms with van der Waals surface area (Å²) < 4.78 is 1.89. The van der Waals surface area contributed by atoms with Gasteiger partial charge in [0.15, 0.2) is 0 Å². The summed E-state index contributed by atoms with van der Waals surface area (Å²) in [4.78, 5) is 21.4. The molecule has 0 radical (unpaired) electrons. The van der Waals surface area contributed by atoms with E-state index < -0.39 is 5.41 Å². The summed E-state index contributed by atoms with van der Waals surface area (Å²) in [5.74, 6) is 0.240. The van der Waals surface area contributed by atoms with Crippen molar-refractivity contribution in [2.75, 3.05) is 24.5 Å². The summed E-state index contributed by atoms with van der Waals surface area (Å²) in [6.45, 7) is 3.91. The van der Waals surface area contributed by atoms with Crippen LogP contribution >= 0.6 is 0 Å². The molecule has 4 aromatic rings. The van der Waals surface area contributed by atoms with Gasteiger partial charge in [0.05, 0.1) is 12.0 Å². The van der Waals surface area contributed by atoms with Crippen molar-refractivity contribution in [3.63, 3.8) is 0 Å². The number of hydrogen-bond acceptors (Lipinski definition) is 3. The van der Waals surface area contributed by atoms with Crippen LogP contribution in [0.1, 0.15) is 17.5 Å². The minimum absolute atomic E-state index is 0.240. The molecule has 0 aliphatic carbocycles. The highest BCUT2D eigenvalue weighted by Gasteiger charge is 2.53. The summed E-state index contributed by atoms with van der Waals surface area (Å²) in [5.41, 5.74) is 4.27. The first kappa shape index (κ1) is 18.4. The van der Waals surface area contributed by atoms with E-state index in [0.717, 1.165) is 37.3 Å². The molecule has 1 unspecified atom stereocenters. The fraction of sp³-hybridized carbons (Fsp3) is 0.280. The summed E-state index contributed by atoms with van der Waals surface area (Å²) in [6, 6.07) is 18.9. The van der Waals surface area contributed by atoms with Crippen molar-refractivity contribution >= 4 is 22.5 Å². The molecule has 6 rings (SSSR count). The van der Waals surface area contributed by atoms with E-state index in [2.05, 4.69) is 57.4 Å². The topological polar surface area (TPSA) is 57.2 Å². The summed E-state index contributed by atoms with van der Waals surface area (Å²) in [7, 11) is 0. The van der Waals surface area contributed by atoms with Gasteiger partial charge in [0.25, 0.3) is 0 Å². The highest BCUT2D eigenvalue weighted by molar-refractivity contribution is 6.08. The molecule has 2 aromatic heterocycles. The SMILES string of the molecule is O=C1N(CCn2cccn2)c2ccccc2C12CCN(Cc1ccc3[nH]ccc3c1)C2. The number of nitrogens with zero attached hydrogens (tertiary/aromatic N) is 4. The van der Waals surface area contributed by atoms with Crippen LogP contribution in [0.4, 0.5) is 5.69 Å². The van der Waals surface area contributed by atoms with E-state index >= 15 is 0 Å². The number of H-pyrrole nitrogens is 1. The smallest absolute Gasteiger partial charge is 0.239 e. The van der Waals surface area contributed by atoms with Crippen LogP contribution < -0.4 is 4.90 Å². The number of hydrogen-bond donors (Lipinski definition) is 1. The Morgan fingerprint density at radius 1 is 1.06 bits per heavy atom. The Morgan fingerprint density at radius 3 is 2.90 bits per heavy atom. The predicted octanol–water partition coefficient (Wildman–Crippen LogP) is 3.55. The van der Waals surface area contributed by atoms with Crippen molar-refractivity contribution in [3.05, 3.63) is 84.3 Å². The molecule has 0 bridgehead atoms.